The topological polar surface area (TPSA) is 78.2 Å². The zero-order valence-electron chi connectivity index (χ0n) is 11.5. The van der Waals surface area contributed by atoms with Gasteiger partial charge in [-0.3, -0.25) is 14.8 Å². The van der Waals surface area contributed by atoms with E-state index in [1.807, 2.05) is 4.90 Å². The van der Waals surface area contributed by atoms with Crippen molar-refractivity contribution in [1.29, 1.82) is 0 Å². The van der Waals surface area contributed by atoms with Gasteiger partial charge < -0.3 is 10.6 Å². The van der Waals surface area contributed by atoms with Crippen molar-refractivity contribution < 1.29 is 4.79 Å². The van der Waals surface area contributed by atoms with Crippen LogP contribution in [0.5, 0.6) is 0 Å². The lowest BCUT2D eigenvalue weighted by atomic mass is 10.1. The van der Waals surface area contributed by atoms with E-state index in [0.29, 0.717) is 11.6 Å². The molecule has 1 aromatic rings. The molecule has 106 valence electrons. The number of nitrogens with one attached hydrogen (secondary N) is 1. The van der Waals surface area contributed by atoms with Gasteiger partial charge in [0.15, 0.2) is 0 Å². The first-order valence-corrected chi connectivity index (χ1v) is 6.98. The van der Waals surface area contributed by atoms with E-state index >= 15 is 0 Å². The largest absolute Gasteiger partial charge is 0.336 e. The van der Waals surface area contributed by atoms with Crippen LogP contribution in [0.25, 0.3) is 0 Å². The Morgan fingerprint density at radius 2 is 2.21 bits per heavy atom. The van der Waals surface area contributed by atoms with Crippen LogP contribution in [0.3, 0.4) is 0 Å². The number of carbonyl (C=O) groups excluding carboxylic acids is 1. The number of nitrogens with zero attached hydrogens (tertiary/aromatic N) is 3. The van der Waals surface area contributed by atoms with Gasteiger partial charge in [0.1, 0.15) is 0 Å². The Morgan fingerprint density at radius 1 is 1.47 bits per heavy atom. The molecule has 3 N–H and O–H groups in total. The molecule has 1 aromatic heterocycles. The summed E-state index contributed by atoms with van der Waals surface area (Å²) in [5.41, 5.74) is 6.29. The highest BCUT2D eigenvalue weighted by Crippen LogP contribution is 2.13. The lowest BCUT2D eigenvalue weighted by Crippen LogP contribution is -2.52. The highest BCUT2D eigenvalue weighted by atomic mass is 16.2. The second kappa shape index (κ2) is 6.68. The van der Waals surface area contributed by atoms with Crippen LogP contribution in [0, 0.1) is 0 Å². The first kappa shape index (κ1) is 14.0. The summed E-state index contributed by atoms with van der Waals surface area (Å²) in [6, 6.07) is 0.552. The summed E-state index contributed by atoms with van der Waals surface area (Å²) in [5.74, 6) is 0.0697. The minimum Gasteiger partial charge on any atom is -0.336 e. The lowest BCUT2D eigenvalue weighted by Gasteiger charge is -2.39. The van der Waals surface area contributed by atoms with E-state index in [4.69, 9.17) is 5.73 Å². The fourth-order valence-electron chi connectivity index (χ4n) is 2.68. The van der Waals surface area contributed by atoms with Crippen LogP contribution in [0.15, 0.2) is 12.4 Å². The van der Waals surface area contributed by atoms with Crippen molar-refractivity contribution in [2.45, 2.75) is 25.8 Å². The molecular weight excluding hydrogens is 242 g/mol. The number of rotatable bonds is 5. The Kier molecular flexibility index (Phi) is 4.93. The third-order valence-corrected chi connectivity index (χ3v) is 3.83. The fourth-order valence-corrected chi connectivity index (χ4v) is 2.68. The van der Waals surface area contributed by atoms with Gasteiger partial charge in [0.25, 0.3) is 5.91 Å². The molecule has 0 saturated carbocycles. The van der Waals surface area contributed by atoms with Gasteiger partial charge in [0.2, 0.25) is 0 Å². The van der Waals surface area contributed by atoms with Gasteiger partial charge in [-0.1, -0.05) is 6.92 Å². The Bertz CT molecular complexity index is 384. The average Bonchev–Trinajstić information content (AvgIpc) is 2.98. The Morgan fingerprint density at radius 3 is 2.74 bits per heavy atom. The molecule has 1 atom stereocenters. The Hall–Kier alpha value is -1.40. The first-order chi connectivity index (χ1) is 9.26. The van der Waals surface area contributed by atoms with Crippen LogP contribution >= 0.6 is 0 Å². The van der Waals surface area contributed by atoms with Gasteiger partial charge in [-0.05, 0) is 19.4 Å². The van der Waals surface area contributed by atoms with Crippen LogP contribution in [0.2, 0.25) is 0 Å². The van der Waals surface area contributed by atoms with Crippen molar-refractivity contribution in [1.82, 2.24) is 20.0 Å². The molecule has 19 heavy (non-hydrogen) atoms. The van der Waals surface area contributed by atoms with E-state index in [1.165, 1.54) is 0 Å². The number of amides is 1. The normalized spacial score (nSPS) is 18.5. The second-order valence-electron chi connectivity index (χ2n) is 4.95. The average molecular weight is 265 g/mol. The third kappa shape index (κ3) is 3.33. The molecule has 0 bridgehead atoms. The second-order valence-corrected chi connectivity index (χ2v) is 4.95. The van der Waals surface area contributed by atoms with Crippen molar-refractivity contribution in [2.75, 3.05) is 32.7 Å². The lowest BCUT2D eigenvalue weighted by molar-refractivity contribution is 0.0557. The number of nitrogens with two attached hydrogens (primary N) is 1. The van der Waals surface area contributed by atoms with Crippen molar-refractivity contribution in [3.63, 3.8) is 0 Å². The summed E-state index contributed by atoms with van der Waals surface area (Å²) in [6.45, 7) is 6.36. The molecule has 6 nitrogen and oxygen atoms in total. The summed E-state index contributed by atoms with van der Waals surface area (Å²) in [6.07, 6.45) is 5.38. The molecule has 6 heteroatoms. The van der Waals surface area contributed by atoms with Crippen molar-refractivity contribution in [3.05, 3.63) is 18.0 Å². The maximum Gasteiger partial charge on any atom is 0.257 e. The quantitative estimate of drug-likeness (QED) is 0.802. The highest BCUT2D eigenvalue weighted by molar-refractivity contribution is 5.93. The molecule has 0 aromatic carbocycles. The molecule has 1 unspecified atom stereocenters. The van der Waals surface area contributed by atoms with Crippen molar-refractivity contribution in [3.8, 4) is 0 Å². The van der Waals surface area contributed by atoms with E-state index in [2.05, 4.69) is 22.0 Å². The van der Waals surface area contributed by atoms with Gasteiger partial charge in [-0.15, -0.1) is 0 Å². The fraction of sp³-hybridized carbons (Fsp3) is 0.692. The minimum atomic E-state index is 0.0697. The molecule has 1 aliphatic heterocycles. The van der Waals surface area contributed by atoms with Crippen molar-refractivity contribution in [2.24, 2.45) is 5.73 Å². The molecule has 1 amide bonds. The molecule has 0 aliphatic carbocycles. The molecule has 0 spiro atoms. The molecular formula is C13H23N5O. The van der Waals surface area contributed by atoms with Crippen LogP contribution < -0.4 is 5.73 Å². The molecule has 1 fully saturated rings. The van der Waals surface area contributed by atoms with Crippen LogP contribution in [0.4, 0.5) is 0 Å². The van der Waals surface area contributed by atoms with Crippen LogP contribution in [-0.4, -0.2) is 64.7 Å². The van der Waals surface area contributed by atoms with E-state index in [0.717, 1.165) is 45.6 Å². The smallest absolute Gasteiger partial charge is 0.257 e. The standard InChI is InChI=1S/C13H23N5O/c1-2-12(3-4-14)17-5-7-18(8-6-17)13(19)11-9-15-16-10-11/h9-10,12H,2-8,14H2,1H3,(H,15,16). The van der Waals surface area contributed by atoms with Gasteiger partial charge in [-0.25, -0.2) is 0 Å². The summed E-state index contributed by atoms with van der Waals surface area (Å²) in [4.78, 5) is 16.5. The van der Waals surface area contributed by atoms with Crippen LogP contribution in [0.1, 0.15) is 30.1 Å². The number of aromatic nitrogens is 2. The molecule has 2 rings (SSSR count). The first-order valence-electron chi connectivity index (χ1n) is 6.98. The van der Waals surface area contributed by atoms with E-state index in [1.54, 1.807) is 12.4 Å². The van der Waals surface area contributed by atoms with Crippen molar-refractivity contribution >= 4 is 5.91 Å². The third-order valence-electron chi connectivity index (χ3n) is 3.83. The number of piperazine rings is 1. The van der Waals surface area contributed by atoms with Gasteiger partial charge in [0, 0.05) is 38.4 Å². The maximum atomic E-state index is 12.2. The van der Waals surface area contributed by atoms with Gasteiger partial charge in [-0.2, -0.15) is 5.10 Å². The number of H-pyrrole nitrogens is 1. The van der Waals surface area contributed by atoms with E-state index in [-0.39, 0.29) is 5.91 Å². The maximum absolute atomic E-state index is 12.2. The van der Waals surface area contributed by atoms with Crippen LogP contribution in [-0.2, 0) is 0 Å². The number of hydrogen-bond donors (Lipinski definition) is 2. The highest BCUT2D eigenvalue weighted by Gasteiger charge is 2.25. The zero-order chi connectivity index (χ0) is 13.7. The molecule has 1 saturated heterocycles. The van der Waals surface area contributed by atoms with Gasteiger partial charge in [0.05, 0.1) is 11.8 Å². The number of aromatic amines is 1. The summed E-state index contributed by atoms with van der Waals surface area (Å²) >= 11 is 0. The number of hydrogen-bond acceptors (Lipinski definition) is 4. The van der Waals surface area contributed by atoms with E-state index in [9.17, 15) is 4.79 Å². The molecule has 0 radical (unpaired) electrons. The molecule has 1 aliphatic rings. The SMILES string of the molecule is CCC(CCN)N1CCN(C(=O)c2cn[nH]c2)CC1. The van der Waals surface area contributed by atoms with E-state index < -0.39 is 0 Å². The number of carbonyl (C=O) groups is 1. The summed E-state index contributed by atoms with van der Waals surface area (Å²) in [5, 5.41) is 6.50. The molecule has 2 heterocycles. The predicted octanol–water partition coefficient (Wildman–Crippen LogP) is 0.295. The summed E-state index contributed by atoms with van der Waals surface area (Å²) in [7, 11) is 0. The minimum absolute atomic E-state index is 0.0697. The monoisotopic (exact) mass is 265 g/mol. The zero-order valence-corrected chi connectivity index (χ0v) is 11.5. The van der Waals surface area contributed by atoms with Gasteiger partial charge >= 0.3 is 0 Å². The Balaban J connectivity index is 1.87. The Labute approximate surface area is 113 Å². The predicted molar refractivity (Wildman–Crippen MR) is 73.8 cm³/mol. The summed E-state index contributed by atoms with van der Waals surface area (Å²) < 4.78 is 0.